The molecule has 0 saturated carbocycles. The third-order valence-corrected chi connectivity index (χ3v) is 5.83. The Hall–Kier alpha value is -3.25. The molecule has 2 aliphatic rings. The maximum atomic E-state index is 12.3. The molecule has 0 unspecified atom stereocenters. The standard InChI is InChI=1S/C23H19N3O2S/c27-22(14-28-20-10-7-16-3-1-2-4-18(16)13-20)25-19-8-5-17(6-9-19)21-15-29-23-24-11-12-26(21)23/h1-10,13,15H,11-12,14H2,(H,25,27). The number of nitrogens with one attached hydrogen (secondary N) is 1. The molecule has 29 heavy (non-hydrogen) atoms. The maximum absolute atomic E-state index is 12.3. The Labute approximate surface area is 173 Å². The van der Waals surface area contributed by atoms with Gasteiger partial charge >= 0.3 is 0 Å². The monoisotopic (exact) mass is 401 g/mol. The van der Waals surface area contributed by atoms with Crippen molar-refractivity contribution in [2.75, 3.05) is 25.0 Å². The first-order valence-electron chi connectivity index (χ1n) is 9.47. The van der Waals surface area contributed by atoms with Gasteiger partial charge < -0.3 is 15.0 Å². The normalized spacial score (nSPS) is 15.1. The summed E-state index contributed by atoms with van der Waals surface area (Å²) >= 11 is 1.66. The molecule has 3 aromatic rings. The summed E-state index contributed by atoms with van der Waals surface area (Å²) in [6, 6.07) is 21.8. The van der Waals surface area contributed by atoms with Gasteiger partial charge in [0.25, 0.3) is 5.91 Å². The smallest absolute Gasteiger partial charge is 0.262 e. The molecule has 0 bridgehead atoms. The lowest BCUT2D eigenvalue weighted by Gasteiger charge is -2.17. The number of hydrogen-bond acceptors (Lipinski definition) is 5. The van der Waals surface area contributed by atoms with Crippen LogP contribution in [0.3, 0.4) is 0 Å². The molecular weight excluding hydrogens is 382 g/mol. The Morgan fingerprint density at radius 2 is 1.90 bits per heavy atom. The van der Waals surface area contributed by atoms with Gasteiger partial charge in [0, 0.05) is 17.6 Å². The molecule has 0 fully saturated rings. The molecule has 2 aliphatic heterocycles. The van der Waals surface area contributed by atoms with Crippen LogP contribution in [0.4, 0.5) is 5.69 Å². The van der Waals surface area contributed by atoms with Crippen LogP contribution in [0.1, 0.15) is 5.56 Å². The summed E-state index contributed by atoms with van der Waals surface area (Å²) in [6.07, 6.45) is 0. The van der Waals surface area contributed by atoms with Crippen molar-refractivity contribution in [3.63, 3.8) is 0 Å². The van der Waals surface area contributed by atoms with Gasteiger partial charge in [-0.25, -0.2) is 0 Å². The van der Waals surface area contributed by atoms with E-state index in [-0.39, 0.29) is 12.5 Å². The van der Waals surface area contributed by atoms with Crippen LogP contribution >= 0.6 is 11.8 Å². The summed E-state index contributed by atoms with van der Waals surface area (Å²) in [7, 11) is 0. The summed E-state index contributed by atoms with van der Waals surface area (Å²) in [4.78, 5) is 19.0. The van der Waals surface area contributed by atoms with E-state index in [2.05, 4.69) is 20.6 Å². The second-order valence-corrected chi connectivity index (χ2v) is 7.70. The highest BCUT2D eigenvalue weighted by atomic mass is 32.2. The number of benzene rings is 3. The zero-order valence-corrected chi connectivity index (χ0v) is 16.5. The van der Waals surface area contributed by atoms with Gasteiger partial charge in [-0.15, -0.1) is 0 Å². The summed E-state index contributed by atoms with van der Waals surface area (Å²) < 4.78 is 5.66. The van der Waals surface area contributed by atoms with Crippen molar-refractivity contribution in [2.24, 2.45) is 4.99 Å². The van der Waals surface area contributed by atoms with Crippen molar-refractivity contribution in [3.8, 4) is 5.75 Å². The Bertz CT molecular complexity index is 1140. The molecule has 1 N–H and O–H groups in total. The molecule has 144 valence electrons. The summed E-state index contributed by atoms with van der Waals surface area (Å²) in [5, 5.41) is 8.32. The van der Waals surface area contributed by atoms with Crippen molar-refractivity contribution in [1.82, 2.24) is 4.90 Å². The zero-order valence-electron chi connectivity index (χ0n) is 15.7. The van der Waals surface area contributed by atoms with Crippen molar-refractivity contribution in [1.29, 1.82) is 0 Å². The predicted molar refractivity (Wildman–Crippen MR) is 119 cm³/mol. The zero-order chi connectivity index (χ0) is 19.6. The second kappa shape index (κ2) is 7.64. The molecule has 0 aromatic heterocycles. The molecule has 3 aromatic carbocycles. The van der Waals surface area contributed by atoms with Crippen LogP contribution < -0.4 is 10.1 Å². The van der Waals surface area contributed by atoms with Crippen molar-refractivity contribution < 1.29 is 9.53 Å². The third-order valence-electron chi connectivity index (χ3n) is 4.92. The van der Waals surface area contributed by atoms with Crippen LogP contribution in [-0.4, -0.2) is 35.7 Å². The molecule has 1 amide bonds. The van der Waals surface area contributed by atoms with E-state index in [4.69, 9.17) is 4.74 Å². The number of carbonyl (C=O) groups excluding carboxylic acids is 1. The second-order valence-electron chi connectivity index (χ2n) is 6.86. The Kier molecular flexibility index (Phi) is 4.69. The minimum atomic E-state index is -0.185. The number of amidine groups is 1. The Balaban J connectivity index is 1.19. The number of nitrogens with zero attached hydrogens (tertiary/aromatic N) is 2. The van der Waals surface area contributed by atoms with Gasteiger partial charge in [0.2, 0.25) is 0 Å². The molecular formula is C23H19N3O2S. The Morgan fingerprint density at radius 1 is 1.07 bits per heavy atom. The molecule has 0 saturated heterocycles. The van der Waals surface area contributed by atoms with E-state index in [0.717, 1.165) is 40.3 Å². The number of hydrogen-bond donors (Lipinski definition) is 1. The van der Waals surface area contributed by atoms with Gasteiger partial charge in [-0.3, -0.25) is 9.79 Å². The maximum Gasteiger partial charge on any atom is 0.262 e. The molecule has 5 nitrogen and oxygen atoms in total. The van der Waals surface area contributed by atoms with Crippen LogP contribution in [0.15, 0.2) is 77.1 Å². The van der Waals surface area contributed by atoms with Crippen molar-refractivity contribution in [3.05, 3.63) is 77.7 Å². The average molecular weight is 401 g/mol. The van der Waals surface area contributed by atoms with E-state index < -0.39 is 0 Å². The number of fused-ring (bicyclic) bond motifs is 2. The van der Waals surface area contributed by atoms with Crippen LogP contribution in [0.5, 0.6) is 5.75 Å². The van der Waals surface area contributed by atoms with Crippen molar-refractivity contribution in [2.45, 2.75) is 0 Å². The molecule has 5 rings (SSSR count). The lowest BCUT2D eigenvalue weighted by molar-refractivity contribution is -0.118. The number of rotatable bonds is 5. The first-order chi connectivity index (χ1) is 14.3. The number of amides is 1. The number of carbonyl (C=O) groups is 1. The number of thioether (sulfide) groups is 1. The topological polar surface area (TPSA) is 53.9 Å². The van der Waals surface area contributed by atoms with Gasteiger partial charge in [-0.05, 0) is 40.6 Å². The van der Waals surface area contributed by atoms with Gasteiger partial charge in [0.05, 0.1) is 12.2 Å². The third kappa shape index (κ3) is 3.71. The van der Waals surface area contributed by atoms with E-state index >= 15 is 0 Å². The molecule has 0 radical (unpaired) electrons. The van der Waals surface area contributed by atoms with E-state index in [1.54, 1.807) is 11.8 Å². The van der Waals surface area contributed by atoms with Crippen molar-refractivity contribution >= 4 is 45.0 Å². The first-order valence-corrected chi connectivity index (χ1v) is 10.3. The number of anilines is 1. The highest BCUT2D eigenvalue weighted by molar-refractivity contribution is 8.16. The van der Waals surface area contributed by atoms with Gasteiger partial charge in [0.15, 0.2) is 11.8 Å². The molecule has 0 aliphatic carbocycles. The van der Waals surface area contributed by atoms with E-state index in [0.29, 0.717) is 5.75 Å². The Morgan fingerprint density at radius 3 is 2.76 bits per heavy atom. The number of aliphatic imine (C=N–C) groups is 1. The fourth-order valence-electron chi connectivity index (χ4n) is 3.47. The van der Waals surface area contributed by atoms with Gasteiger partial charge in [-0.1, -0.05) is 54.2 Å². The summed E-state index contributed by atoms with van der Waals surface area (Å²) in [6.45, 7) is 1.75. The highest BCUT2D eigenvalue weighted by Gasteiger charge is 2.26. The molecule has 6 heteroatoms. The van der Waals surface area contributed by atoms with Gasteiger partial charge in [-0.2, -0.15) is 0 Å². The lowest BCUT2D eigenvalue weighted by Crippen LogP contribution is -2.21. The first kappa shape index (κ1) is 17.8. The van der Waals surface area contributed by atoms with Crippen LogP contribution in [-0.2, 0) is 4.79 Å². The fraction of sp³-hybridized carbons (Fsp3) is 0.130. The number of ether oxygens (including phenoxy) is 1. The molecule has 2 heterocycles. The highest BCUT2D eigenvalue weighted by Crippen LogP contribution is 2.35. The quantitative estimate of drug-likeness (QED) is 0.680. The molecule has 0 atom stereocenters. The minimum Gasteiger partial charge on any atom is -0.484 e. The van der Waals surface area contributed by atoms with E-state index in [1.807, 2.05) is 66.7 Å². The minimum absolute atomic E-state index is 0.0323. The van der Waals surface area contributed by atoms with E-state index in [9.17, 15) is 4.79 Å². The summed E-state index contributed by atoms with van der Waals surface area (Å²) in [5.74, 6) is 0.499. The van der Waals surface area contributed by atoms with E-state index in [1.165, 1.54) is 5.70 Å². The average Bonchev–Trinajstić information content (AvgIpc) is 3.37. The predicted octanol–water partition coefficient (Wildman–Crippen LogP) is 4.57. The SMILES string of the molecule is O=C(COc1ccc2ccccc2c1)Nc1ccc(C2=CSC3=NCCN23)cc1. The molecule has 0 spiro atoms. The fourth-order valence-corrected chi connectivity index (χ4v) is 4.44. The lowest BCUT2D eigenvalue weighted by atomic mass is 10.1. The van der Waals surface area contributed by atoms with Crippen LogP contribution in [0, 0.1) is 0 Å². The van der Waals surface area contributed by atoms with Crippen LogP contribution in [0.2, 0.25) is 0 Å². The summed E-state index contributed by atoms with van der Waals surface area (Å²) in [5.41, 5.74) is 3.04. The largest absolute Gasteiger partial charge is 0.484 e. The van der Waals surface area contributed by atoms with Gasteiger partial charge in [0.1, 0.15) is 5.75 Å². The van der Waals surface area contributed by atoms with Crippen LogP contribution in [0.25, 0.3) is 16.5 Å².